The number of nitrogens with one attached hydrogen (secondary N) is 2. The number of carboxylic acids is 1. The number of likely N-dealkylation sites (tertiary alicyclic amines) is 1. The molecule has 2 unspecified atom stereocenters. The number of carbonyl (C=O) groups is 2. The van der Waals surface area contributed by atoms with E-state index in [2.05, 4.69) is 10.9 Å². The number of hydrogen-bond donors (Lipinski definition) is 3. The fraction of sp³-hybridized carbons (Fsp3) is 0.579. The van der Waals surface area contributed by atoms with Gasteiger partial charge in [-0.05, 0) is 31.0 Å². The van der Waals surface area contributed by atoms with Crippen molar-refractivity contribution < 1.29 is 14.7 Å². The molecule has 0 saturated carbocycles. The van der Waals surface area contributed by atoms with Crippen molar-refractivity contribution in [3.63, 3.8) is 0 Å². The average Bonchev–Trinajstić information content (AvgIpc) is 3.15. The van der Waals surface area contributed by atoms with Gasteiger partial charge in [0.1, 0.15) is 0 Å². The second kappa shape index (κ2) is 9.01. The van der Waals surface area contributed by atoms with Gasteiger partial charge in [-0.2, -0.15) is 0 Å². The summed E-state index contributed by atoms with van der Waals surface area (Å²) in [6.07, 6.45) is 1.61. The van der Waals surface area contributed by atoms with Crippen molar-refractivity contribution in [2.75, 3.05) is 32.7 Å². The Morgan fingerprint density at radius 3 is 2.63 bits per heavy atom. The van der Waals surface area contributed by atoms with Crippen molar-refractivity contribution in [2.45, 2.75) is 31.8 Å². The first-order valence-electron chi connectivity index (χ1n) is 9.48. The number of likely N-dealkylation sites (N-methyl/N-ethyl adjacent to an activating group) is 1. The second-order valence-electron chi connectivity index (χ2n) is 7.14. The minimum Gasteiger partial charge on any atom is -0.480 e. The van der Waals surface area contributed by atoms with Gasteiger partial charge in [-0.25, -0.2) is 5.43 Å². The molecule has 2 atom stereocenters. The smallest absolute Gasteiger partial charge is 0.317 e. The second-order valence-corrected chi connectivity index (χ2v) is 7.55. The Morgan fingerprint density at radius 2 is 2.00 bits per heavy atom. The third-order valence-electron chi connectivity index (χ3n) is 5.58. The zero-order valence-corrected chi connectivity index (χ0v) is 16.3. The number of halogens is 1. The number of hydrogen-bond acceptors (Lipinski definition) is 5. The Kier molecular flexibility index (Phi) is 6.70. The highest BCUT2D eigenvalue weighted by molar-refractivity contribution is 6.31. The molecule has 1 aromatic rings. The highest BCUT2D eigenvalue weighted by Gasteiger charge is 2.38. The first-order chi connectivity index (χ1) is 13.0. The summed E-state index contributed by atoms with van der Waals surface area (Å²) in [4.78, 5) is 28.0. The van der Waals surface area contributed by atoms with E-state index in [-0.39, 0.29) is 30.5 Å². The molecule has 148 valence electrons. The summed E-state index contributed by atoms with van der Waals surface area (Å²) in [5, 5.41) is 9.71. The molecule has 0 aromatic heterocycles. The van der Waals surface area contributed by atoms with Crippen LogP contribution in [0.3, 0.4) is 0 Å². The molecule has 0 spiro atoms. The normalized spacial score (nSPS) is 23.7. The van der Waals surface area contributed by atoms with Gasteiger partial charge in [-0.1, -0.05) is 36.7 Å². The summed E-state index contributed by atoms with van der Waals surface area (Å²) in [7, 11) is 0. The minimum absolute atomic E-state index is 0.0557. The van der Waals surface area contributed by atoms with Crippen LogP contribution in [0.2, 0.25) is 5.02 Å². The molecule has 2 saturated heterocycles. The molecule has 2 heterocycles. The van der Waals surface area contributed by atoms with Crippen molar-refractivity contribution in [1.82, 2.24) is 20.7 Å². The van der Waals surface area contributed by atoms with E-state index in [0.717, 1.165) is 18.4 Å². The number of carboxylic acid groups (broad SMARTS) is 1. The molecule has 0 bridgehead atoms. The van der Waals surface area contributed by atoms with Crippen LogP contribution in [0.5, 0.6) is 0 Å². The van der Waals surface area contributed by atoms with E-state index >= 15 is 0 Å². The molecule has 0 aliphatic carbocycles. The van der Waals surface area contributed by atoms with Gasteiger partial charge in [-0.15, -0.1) is 0 Å². The number of aliphatic carboxylic acids is 1. The summed E-state index contributed by atoms with van der Waals surface area (Å²) < 4.78 is 0. The van der Waals surface area contributed by atoms with Gasteiger partial charge in [0, 0.05) is 30.7 Å². The molecule has 2 fully saturated rings. The standard InChI is InChI=1S/C19H27ClN4O3/c1-2-23(12-17(25)26)13-7-9-24(10-8-13)19(27)15-11-21-22-18(15)14-5-3-4-6-16(14)20/h3-6,13,15,18,21-22H,2,7-12H2,1H3,(H,25,26). The number of amides is 1. The number of carbonyl (C=O) groups excluding carboxylic acids is 1. The van der Waals surface area contributed by atoms with Gasteiger partial charge in [0.15, 0.2) is 0 Å². The monoisotopic (exact) mass is 394 g/mol. The molecule has 27 heavy (non-hydrogen) atoms. The van der Waals surface area contributed by atoms with Gasteiger partial charge >= 0.3 is 5.97 Å². The molecule has 3 rings (SSSR count). The molecule has 2 aliphatic heterocycles. The van der Waals surface area contributed by atoms with Crippen LogP contribution in [0.15, 0.2) is 24.3 Å². The van der Waals surface area contributed by atoms with Crippen LogP contribution in [0.25, 0.3) is 0 Å². The number of nitrogens with zero attached hydrogens (tertiary/aromatic N) is 2. The van der Waals surface area contributed by atoms with Crippen LogP contribution in [-0.2, 0) is 9.59 Å². The Morgan fingerprint density at radius 1 is 1.30 bits per heavy atom. The Labute approximate surface area is 164 Å². The summed E-state index contributed by atoms with van der Waals surface area (Å²) in [5.74, 6) is -0.888. The number of hydrazine groups is 1. The fourth-order valence-corrected chi connectivity index (χ4v) is 4.36. The fourth-order valence-electron chi connectivity index (χ4n) is 4.11. The number of benzene rings is 1. The number of rotatable bonds is 6. The first-order valence-corrected chi connectivity index (χ1v) is 9.86. The van der Waals surface area contributed by atoms with Crippen molar-refractivity contribution in [3.8, 4) is 0 Å². The number of piperidine rings is 1. The highest BCUT2D eigenvalue weighted by Crippen LogP contribution is 2.32. The van der Waals surface area contributed by atoms with Gasteiger partial charge in [0.25, 0.3) is 0 Å². The van der Waals surface area contributed by atoms with Crippen molar-refractivity contribution >= 4 is 23.5 Å². The maximum absolute atomic E-state index is 13.1. The molecule has 8 heteroatoms. The van der Waals surface area contributed by atoms with E-state index in [1.54, 1.807) is 0 Å². The zero-order chi connectivity index (χ0) is 19.4. The summed E-state index contributed by atoms with van der Waals surface area (Å²) in [5.41, 5.74) is 7.21. The zero-order valence-electron chi connectivity index (χ0n) is 15.5. The van der Waals surface area contributed by atoms with Crippen LogP contribution < -0.4 is 10.9 Å². The first kappa shape index (κ1) is 20.1. The SMILES string of the molecule is CCN(CC(=O)O)C1CCN(C(=O)C2CNNC2c2ccccc2Cl)CC1. The van der Waals surface area contributed by atoms with Crippen LogP contribution in [0.4, 0.5) is 0 Å². The van der Waals surface area contributed by atoms with E-state index < -0.39 is 5.97 Å². The molecule has 1 aromatic carbocycles. The van der Waals surface area contributed by atoms with Gasteiger partial charge < -0.3 is 10.0 Å². The maximum Gasteiger partial charge on any atom is 0.317 e. The van der Waals surface area contributed by atoms with Crippen LogP contribution in [0, 0.1) is 5.92 Å². The van der Waals surface area contributed by atoms with E-state index in [1.165, 1.54) is 0 Å². The lowest BCUT2D eigenvalue weighted by Crippen LogP contribution is -2.50. The minimum atomic E-state index is -0.805. The van der Waals surface area contributed by atoms with Crippen LogP contribution in [-0.4, -0.2) is 65.5 Å². The van der Waals surface area contributed by atoms with Crippen molar-refractivity contribution in [2.24, 2.45) is 5.92 Å². The van der Waals surface area contributed by atoms with Gasteiger partial charge in [0.2, 0.25) is 5.91 Å². The molecular weight excluding hydrogens is 368 g/mol. The maximum atomic E-state index is 13.1. The molecule has 1 amide bonds. The van der Waals surface area contributed by atoms with Gasteiger partial charge in [-0.3, -0.25) is 19.9 Å². The Bertz CT molecular complexity index is 679. The Hall–Kier alpha value is -1.67. The van der Waals surface area contributed by atoms with Gasteiger partial charge in [0.05, 0.1) is 18.5 Å². The molecule has 0 radical (unpaired) electrons. The largest absolute Gasteiger partial charge is 0.480 e. The molecule has 2 aliphatic rings. The predicted molar refractivity (Wildman–Crippen MR) is 103 cm³/mol. The lowest BCUT2D eigenvalue weighted by atomic mass is 9.92. The Balaban J connectivity index is 1.62. The average molecular weight is 395 g/mol. The predicted octanol–water partition coefficient (Wildman–Crippen LogP) is 1.50. The van der Waals surface area contributed by atoms with E-state index in [4.69, 9.17) is 16.7 Å². The quantitative estimate of drug-likeness (QED) is 0.678. The topological polar surface area (TPSA) is 84.9 Å². The molecule has 7 nitrogen and oxygen atoms in total. The molecular formula is C19H27ClN4O3. The summed E-state index contributed by atoms with van der Waals surface area (Å²) >= 11 is 6.33. The van der Waals surface area contributed by atoms with E-state index in [9.17, 15) is 9.59 Å². The lowest BCUT2D eigenvalue weighted by molar-refractivity contribution is -0.141. The van der Waals surface area contributed by atoms with Crippen molar-refractivity contribution in [3.05, 3.63) is 34.9 Å². The summed E-state index contributed by atoms with van der Waals surface area (Å²) in [6, 6.07) is 7.66. The van der Waals surface area contributed by atoms with Crippen LogP contribution in [0.1, 0.15) is 31.4 Å². The lowest BCUT2D eigenvalue weighted by Gasteiger charge is -2.38. The van der Waals surface area contributed by atoms with Crippen LogP contribution >= 0.6 is 11.6 Å². The van der Waals surface area contributed by atoms with E-state index in [0.29, 0.717) is 31.2 Å². The third-order valence-corrected chi connectivity index (χ3v) is 5.92. The van der Waals surface area contributed by atoms with E-state index in [1.807, 2.05) is 41.0 Å². The highest BCUT2D eigenvalue weighted by atomic mass is 35.5. The third kappa shape index (κ3) is 4.60. The van der Waals surface area contributed by atoms with Crippen molar-refractivity contribution in [1.29, 1.82) is 0 Å². The summed E-state index contributed by atoms with van der Waals surface area (Å²) in [6.45, 7) is 4.62. The molecule has 3 N–H and O–H groups in total.